The third-order valence-electron chi connectivity index (χ3n) is 3.94. The lowest BCUT2D eigenvalue weighted by atomic mass is 9.97. The maximum absolute atomic E-state index is 13.2. The van der Waals surface area contributed by atoms with Crippen molar-refractivity contribution in [2.45, 2.75) is 19.4 Å². The summed E-state index contributed by atoms with van der Waals surface area (Å²) >= 11 is 0. The van der Waals surface area contributed by atoms with Gasteiger partial charge >= 0.3 is 5.97 Å². The van der Waals surface area contributed by atoms with Gasteiger partial charge in [-0.25, -0.2) is 8.78 Å². The average molecular weight is 323 g/mol. The molecule has 8 heteroatoms. The number of carboxylic acid groups (broad SMARTS) is 1. The molecule has 0 saturated carbocycles. The molecule has 122 valence electrons. The maximum Gasteiger partial charge on any atom is 0.306 e. The number of likely N-dealkylation sites (tertiary alicyclic amines) is 1. The first-order valence-electron chi connectivity index (χ1n) is 7.26. The highest BCUT2D eigenvalue weighted by molar-refractivity contribution is 5.70. The van der Waals surface area contributed by atoms with Crippen molar-refractivity contribution in [2.75, 3.05) is 13.1 Å². The molecule has 0 unspecified atom stereocenters. The Morgan fingerprint density at radius 3 is 2.70 bits per heavy atom. The number of hydrogen-bond donors (Lipinski definition) is 1. The van der Waals surface area contributed by atoms with Crippen LogP contribution in [0.4, 0.5) is 8.78 Å². The first-order valence-corrected chi connectivity index (χ1v) is 7.26. The van der Waals surface area contributed by atoms with Gasteiger partial charge in [0.25, 0.3) is 0 Å². The molecule has 1 aromatic carbocycles. The van der Waals surface area contributed by atoms with Crippen LogP contribution in [0.2, 0.25) is 0 Å². The molecule has 2 heterocycles. The lowest BCUT2D eigenvalue weighted by molar-refractivity contribution is -0.143. The number of piperidine rings is 1. The number of aliphatic carboxylic acids is 1. The van der Waals surface area contributed by atoms with E-state index in [0.29, 0.717) is 43.9 Å². The molecule has 1 aromatic heterocycles. The lowest BCUT2D eigenvalue weighted by Crippen LogP contribution is -2.35. The standard InChI is InChI=1S/C15H15F2N3O3/c16-11-2-1-10(7-12(11)17)14-18-13(23-19-14)8-20-5-3-9(4-6-20)15(21)22/h1-2,7,9H,3-6,8H2,(H,21,22). The Morgan fingerprint density at radius 2 is 2.04 bits per heavy atom. The molecule has 1 saturated heterocycles. The highest BCUT2D eigenvalue weighted by Gasteiger charge is 2.25. The van der Waals surface area contributed by atoms with Crippen molar-refractivity contribution in [2.24, 2.45) is 5.92 Å². The van der Waals surface area contributed by atoms with Crippen molar-refractivity contribution in [3.8, 4) is 11.4 Å². The summed E-state index contributed by atoms with van der Waals surface area (Å²) in [5.41, 5.74) is 0.337. The zero-order chi connectivity index (χ0) is 16.4. The van der Waals surface area contributed by atoms with Gasteiger partial charge in [0.2, 0.25) is 11.7 Å². The molecule has 23 heavy (non-hydrogen) atoms. The van der Waals surface area contributed by atoms with Crippen LogP contribution in [0.5, 0.6) is 0 Å². The van der Waals surface area contributed by atoms with E-state index >= 15 is 0 Å². The van der Waals surface area contributed by atoms with Gasteiger partial charge in [-0.05, 0) is 44.1 Å². The molecule has 1 N–H and O–H groups in total. The third kappa shape index (κ3) is 3.53. The van der Waals surface area contributed by atoms with E-state index in [4.69, 9.17) is 9.63 Å². The van der Waals surface area contributed by atoms with E-state index in [1.165, 1.54) is 6.07 Å². The molecular weight excluding hydrogens is 308 g/mol. The number of nitrogens with zero attached hydrogens (tertiary/aromatic N) is 3. The molecule has 1 aliphatic heterocycles. The van der Waals surface area contributed by atoms with Gasteiger partial charge < -0.3 is 9.63 Å². The van der Waals surface area contributed by atoms with Gasteiger partial charge in [0, 0.05) is 5.56 Å². The van der Waals surface area contributed by atoms with Gasteiger partial charge in [0.1, 0.15) is 0 Å². The second kappa shape index (κ2) is 6.41. The van der Waals surface area contributed by atoms with Gasteiger partial charge in [-0.2, -0.15) is 4.98 Å². The van der Waals surface area contributed by atoms with Crippen LogP contribution in [0.3, 0.4) is 0 Å². The van der Waals surface area contributed by atoms with Crippen molar-refractivity contribution >= 4 is 5.97 Å². The highest BCUT2D eigenvalue weighted by Crippen LogP contribution is 2.21. The summed E-state index contributed by atoms with van der Waals surface area (Å²) in [7, 11) is 0. The topological polar surface area (TPSA) is 79.5 Å². The number of carboxylic acids is 1. The first-order chi connectivity index (χ1) is 11.0. The van der Waals surface area contributed by atoms with Crippen LogP contribution >= 0.6 is 0 Å². The monoisotopic (exact) mass is 323 g/mol. The van der Waals surface area contributed by atoms with E-state index in [-0.39, 0.29) is 11.7 Å². The van der Waals surface area contributed by atoms with Gasteiger partial charge in [-0.15, -0.1) is 0 Å². The molecule has 0 amide bonds. The summed E-state index contributed by atoms with van der Waals surface area (Å²) in [6.45, 7) is 1.68. The Labute approximate surface area is 130 Å². The fourth-order valence-electron chi connectivity index (χ4n) is 2.60. The van der Waals surface area contributed by atoms with Gasteiger partial charge in [-0.1, -0.05) is 5.16 Å². The fourth-order valence-corrected chi connectivity index (χ4v) is 2.60. The molecular formula is C15H15F2N3O3. The molecule has 0 spiro atoms. The Morgan fingerprint density at radius 1 is 1.30 bits per heavy atom. The molecule has 0 radical (unpaired) electrons. The summed E-state index contributed by atoms with van der Waals surface area (Å²) in [5.74, 6) is -2.41. The number of benzene rings is 1. The zero-order valence-corrected chi connectivity index (χ0v) is 12.2. The second-order valence-corrected chi connectivity index (χ2v) is 5.53. The van der Waals surface area contributed by atoms with E-state index in [0.717, 1.165) is 12.1 Å². The Kier molecular flexibility index (Phi) is 4.33. The summed E-state index contributed by atoms with van der Waals surface area (Å²) in [5, 5.41) is 12.7. The second-order valence-electron chi connectivity index (χ2n) is 5.53. The SMILES string of the molecule is O=C(O)C1CCN(Cc2nc(-c3ccc(F)c(F)c3)no2)CC1. The van der Waals surface area contributed by atoms with Crippen molar-refractivity contribution < 1.29 is 23.2 Å². The zero-order valence-electron chi connectivity index (χ0n) is 12.2. The van der Waals surface area contributed by atoms with Crippen LogP contribution < -0.4 is 0 Å². The molecule has 1 fully saturated rings. The van der Waals surface area contributed by atoms with Crippen molar-refractivity contribution in [3.05, 3.63) is 35.7 Å². The molecule has 1 aliphatic rings. The lowest BCUT2D eigenvalue weighted by Gasteiger charge is -2.28. The summed E-state index contributed by atoms with van der Waals surface area (Å²) in [6.07, 6.45) is 1.17. The minimum atomic E-state index is -0.968. The van der Waals surface area contributed by atoms with Crippen molar-refractivity contribution in [3.63, 3.8) is 0 Å². The minimum absolute atomic E-state index is 0.194. The van der Waals surface area contributed by atoms with Crippen LogP contribution in [-0.4, -0.2) is 39.2 Å². The smallest absolute Gasteiger partial charge is 0.306 e. The van der Waals surface area contributed by atoms with Gasteiger partial charge in [0.15, 0.2) is 11.6 Å². The first kappa shape index (κ1) is 15.5. The Hall–Kier alpha value is -2.35. The predicted molar refractivity (Wildman–Crippen MR) is 75.3 cm³/mol. The average Bonchev–Trinajstić information content (AvgIpc) is 2.99. The van der Waals surface area contributed by atoms with Crippen LogP contribution in [0.25, 0.3) is 11.4 Å². The van der Waals surface area contributed by atoms with E-state index < -0.39 is 17.6 Å². The summed E-state index contributed by atoms with van der Waals surface area (Å²) < 4.78 is 31.3. The van der Waals surface area contributed by atoms with E-state index in [2.05, 4.69) is 10.1 Å². The van der Waals surface area contributed by atoms with Crippen molar-refractivity contribution in [1.82, 2.24) is 15.0 Å². The molecule has 0 aliphatic carbocycles. The number of hydrogen-bond acceptors (Lipinski definition) is 5. The molecule has 0 atom stereocenters. The summed E-state index contributed by atoms with van der Waals surface area (Å²) in [6, 6.07) is 3.41. The van der Waals surface area contributed by atoms with Crippen molar-refractivity contribution in [1.29, 1.82) is 0 Å². The Bertz CT molecular complexity index is 712. The van der Waals surface area contributed by atoms with E-state index in [1.54, 1.807) is 0 Å². The highest BCUT2D eigenvalue weighted by atomic mass is 19.2. The summed E-state index contributed by atoms with van der Waals surface area (Å²) in [4.78, 5) is 17.1. The quantitative estimate of drug-likeness (QED) is 0.930. The molecule has 2 aromatic rings. The van der Waals surface area contributed by atoms with Crippen LogP contribution in [0, 0.1) is 17.6 Å². The van der Waals surface area contributed by atoms with Gasteiger partial charge in [0.05, 0.1) is 12.5 Å². The number of halogens is 2. The Balaban J connectivity index is 1.64. The van der Waals surface area contributed by atoms with Crippen LogP contribution in [0.15, 0.2) is 22.7 Å². The van der Waals surface area contributed by atoms with Gasteiger partial charge in [-0.3, -0.25) is 9.69 Å². The molecule has 3 rings (SSSR count). The predicted octanol–water partition coefficient (Wildman–Crippen LogP) is 2.31. The van der Waals surface area contributed by atoms with E-state index in [9.17, 15) is 13.6 Å². The molecule has 0 bridgehead atoms. The normalized spacial score (nSPS) is 16.6. The van der Waals surface area contributed by atoms with Crippen LogP contribution in [0.1, 0.15) is 18.7 Å². The fraction of sp³-hybridized carbons (Fsp3) is 0.400. The maximum atomic E-state index is 13.2. The number of aromatic nitrogens is 2. The number of carbonyl (C=O) groups is 1. The number of rotatable bonds is 4. The van der Waals surface area contributed by atoms with E-state index in [1.807, 2.05) is 4.90 Å². The molecule has 6 nitrogen and oxygen atoms in total. The largest absolute Gasteiger partial charge is 0.481 e. The minimum Gasteiger partial charge on any atom is -0.481 e. The van der Waals surface area contributed by atoms with Crippen LogP contribution in [-0.2, 0) is 11.3 Å². The third-order valence-corrected chi connectivity index (χ3v) is 3.94.